The van der Waals surface area contributed by atoms with Gasteiger partial charge in [-0.3, -0.25) is 9.69 Å². The Morgan fingerprint density at radius 3 is 2.38 bits per heavy atom. The number of carbonyl (C=O) groups is 1. The van der Waals surface area contributed by atoms with Crippen LogP contribution in [0.3, 0.4) is 0 Å². The molecule has 3 atom stereocenters. The molecule has 124 valence electrons. The Balaban J connectivity index is 2.38. The molecule has 0 saturated heterocycles. The maximum Gasteiger partial charge on any atom is 0.236 e. The first-order chi connectivity index (χ1) is 9.81. The molecule has 0 aromatic rings. The minimum absolute atomic E-state index is 0.177. The van der Waals surface area contributed by atoms with Crippen LogP contribution in [0.2, 0.25) is 0 Å². The van der Waals surface area contributed by atoms with Crippen LogP contribution in [0.15, 0.2) is 0 Å². The average molecular weight is 298 g/mol. The fraction of sp³-hybridized carbons (Fsp3) is 0.941. The summed E-state index contributed by atoms with van der Waals surface area (Å²) in [5.41, 5.74) is 0. The van der Waals surface area contributed by atoms with Crippen molar-refractivity contribution in [1.29, 1.82) is 0 Å². The van der Waals surface area contributed by atoms with Crippen molar-refractivity contribution in [1.82, 2.24) is 9.80 Å². The second-order valence-corrected chi connectivity index (χ2v) is 7.29. The molecule has 4 nitrogen and oxygen atoms in total. The van der Waals surface area contributed by atoms with Crippen LogP contribution in [0.5, 0.6) is 0 Å². The molecule has 0 aliphatic heterocycles. The number of nitrogens with zero attached hydrogens (tertiary/aromatic N) is 2. The predicted octanol–water partition coefficient (Wildman–Crippen LogP) is 2.36. The van der Waals surface area contributed by atoms with Crippen LogP contribution in [0.1, 0.15) is 52.9 Å². The van der Waals surface area contributed by atoms with Gasteiger partial charge in [0.2, 0.25) is 5.91 Å². The van der Waals surface area contributed by atoms with Crippen molar-refractivity contribution in [2.24, 2.45) is 11.8 Å². The molecule has 1 N–H and O–H groups in total. The van der Waals surface area contributed by atoms with Crippen molar-refractivity contribution in [3.8, 4) is 0 Å². The van der Waals surface area contributed by atoms with Gasteiger partial charge in [-0.2, -0.15) is 0 Å². The molecular formula is C17H34N2O2. The topological polar surface area (TPSA) is 43.8 Å². The molecule has 4 heteroatoms. The first-order valence-corrected chi connectivity index (χ1v) is 8.43. The third-order valence-electron chi connectivity index (χ3n) is 4.69. The summed E-state index contributed by atoms with van der Waals surface area (Å²) in [5, 5.41) is 10.0. The van der Waals surface area contributed by atoms with Crippen molar-refractivity contribution in [2.75, 3.05) is 27.2 Å². The Morgan fingerprint density at radius 1 is 1.19 bits per heavy atom. The highest BCUT2D eigenvalue weighted by molar-refractivity contribution is 5.78. The van der Waals surface area contributed by atoms with Gasteiger partial charge in [0.05, 0.1) is 12.6 Å². The van der Waals surface area contributed by atoms with Crippen molar-refractivity contribution in [2.45, 2.75) is 65.0 Å². The van der Waals surface area contributed by atoms with Gasteiger partial charge in [-0.1, -0.05) is 26.7 Å². The summed E-state index contributed by atoms with van der Waals surface area (Å²) in [6, 6.07) is 0.283. The monoisotopic (exact) mass is 298 g/mol. The van der Waals surface area contributed by atoms with E-state index in [0.29, 0.717) is 18.4 Å². The van der Waals surface area contributed by atoms with Gasteiger partial charge < -0.3 is 10.0 Å². The number of carbonyl (C=O) groups excluding carboxylic acids is 1. The molecule has 1 saturated carbocycles. The molecule has 0 aromatic heterocycles. The molecule has 21 heavy (non-hydrogen) atoms. The van der Waals surface area contributed by atoms with Crippen LogP contribution in [-0.2, 0) is 4.79 Å². The zero-order valence-corrected chi connectivity index (χ0v) is 14.5. The van der Waals surface area contributed by atoms with Crippen LogP contribution in [0.25, 0.3) is 0 Å². The van der Waals surface area contributed by atoms with E-state index in [0.717, 1.165) is 32.2 Å². The van der Waals surface area contributed by atoms with E-state index in [4.69, 9.17) is 0 Å². The zero-order chi connectivity index (χ0) is 16.0. The lowest BCUT2D eigenvalue weighted by atomic mass is 9.86. The SMILES string of the molecule is CC(C)CC(C)N(C)C(=O)CN(C)CC1CCCCC1O. The molecule has 1 aliphatic carbocycles. The number of hydrogen-bond acceptors (Lipinski definition) is 3. The largest absolute Gasteiger partial charge is 0.393 e. The number of aliphatic hydroxyl groups excluding tert-OH is 1. The summed E-state index contributed by atoms with van der Waals surface area (Å²) in [4.78, 5) is 16.3. The van der Waals surface area contributed by atoms with Crippen LogP contribution in [0, 0.1) is 11.8 Å². The summed E-state index contributed by atoms with van der Waals surface area (Å²) in [7, 11) is 3.89. The molecule has 0 bridgehead atoms. The molecular weight excluding hydrogens is 264 g/mol. The molecule has 1 rings (SSSR count). The van der Waals surface area contributed by atoms with Gasteiger partial charge in [-0.15, -0.1) is 0 Å². The highest BCUT2D eigenvalue weighted by atomic mass is 16.3. The summed E-state index contributed by atoms with van der Waals surface area (Å²) in [5.74, 6) is 1.11. The zero-order valence-electron chi connectivity index (χ0n) is 14.5. The van der Waals surface area contributed by atoms with Crippen molar-refractivity contribution in [3.05, 3.63) is 0 Å². The summed E-state index contributed by atoms with van der Waals surface area (Å²) in [6.07, 6.45) is 5.18. The molecule has 0 spiro atoms. The van der Waals surface area contributed by atoms with Crippen molar-refractivity contribution in [3.63, 3.8) is 0 Å². The Kier molecular flexibility index (Phi) is 7.67. The molecule has 3 unspecified atom stereocenters. The lowest BCUT2D eigenvalue weighted by Gasteiger charge is -2.32. The van der Waals surface area contributed by atoms with Gasteiger partial charge in [-0.25, -0.2) is 0 Å². The average Bonchev–Trinajstić information content (AvgIpc) is 2.39. The molecule has 0 heterocycles. The lowest BCUT2D eigenvalue weighted by molar-refractivity contribution is -0.133. The first-order valence-electron chi connectivity index (χ1n) is 8.43. The van der Waals surface area contributed by atoms with Gasteiger partial charge in [0.15, 0.2) is 0 Å². The van der Waals surface area contributed by atoms with Gasteiger partial charge in [-0.05, 0) is 45.1 Å². The van der Waals surface area contributed by atoms with Crippen LogP contribution in [-0.4, -0.2) is 60.1 Å². The fourth-order valence-corrected chi connectivity index (χ4v) is 3.29. The molecule has 0 radical (unpaired) electrons. The Morgan fingerprint density at radius 2 is 1.81 bits per heavy atom. The summed E-state index contributed by atoms with van der Waals surface area (Å²) in [6.45, 7) is 7.75. The standard InChI is InChI=1S/C17H34N2O2/c1-13(2)10-14(3)19(5)17(21)12-18(4)11-15-8-6-7-9-16(15)20/h13-16,20H,6-12H2,1-5H3. The van der Waals surface area contributed by atoms with E-state index in [1.54, 1.807) is 0 Å². The highest BCUT2D eigenvalue weighted by Gasteiger charge is 2.25. The van der Waals surface area contributed by atoms with Gasteiger partial charge >= 0.3 is 0 Å². The minimum atomic E-state index is -0.186. The van der Waals surface area contributed by atoms with E-state index < -0.39 is 0 Å². The normalized spacial score (nSPS) is 24.4. The Bertz CT molecular complexity index is 320. The minimum Gasteiger partial charge on any atom is -0.393 e. The molecule has 1 aliphatic rings. The Hall–Kier alpha value is -0.610. The summed E-state index contributed by atoms with van der Waals surface area (Å²) < 4.78 is 0. The third kappa shape index (κ3) is 6.35. The van der Waals surface area contributed by atoms with Gasteiger partial charge in [0, 0.05) is 19.6 Å². The van der Waals surface area contributed by atoms with E-state index in [1.807, 2.05) is 19.0 Å². The number of likely N-dealkylation sites (N-methyl/N-ethyl adjacent to an activating group) is 2. The van der Waals surface area contributed by atoms with E-state index >= 15 is 0 Å². The van der Waals surface area contributed by atoms with Crippen LogP contribution >= 0.6 is 0 Å². The van der Waals surface area contributed by atoms with E-state index in [9.17, 15) is 9.90 Å². The van der Waals surface area contributed by atoms with Crippen molar-refractivity contribution < 1.29 is 9.90 Å². The predicted molar refractivity (Wildman–Crippen MR) is 87.1 cm³/mol. The Labute approximate surface area is 130 Å². The van der Waals surface area contributed by atoms with E-state index in [1.165, 1.54) is 6.42 Å². The third-order valence-corrected chi connectivity index (χ3v) is 4.69. The van der Waals surface area contributed by atoms with E-state index in [2.05, 4.69) is 25.7 Å². The highest BCUT2D eigenvalue weighted by Crippen LogP contribution is 2.24. The summed E-state index contributed by atoms with van der Waals surface area (Å²) >= 11 is 0. The van der Waals surface area contributed by atoms with Crippen LogP contribution in [0.4, 0.5) is 0 Å². The molecule has 0 aromatic carbocycles. The fourth-order valence-electron chi connectivity index (χ4n) is 3.29. The maximum atomic E-state index is 12.3. The first kappa shape index (κ1) is 18.4. The second-order valence-electron chi connectivity index (χ2n) is 7.29. The second kappa shape index (κ2) is 8.74. The smallest absolute Gasteiger partial charge is 0.236 e. The van der Waals surface area contributed by atoms with Gasteiger partial charge in [0.1, 0.15) is 0 Å². The van der Waals surface area contributed by atoms with Gasteiger partial charge in [0.25, 0.3) is 0 Å². The lowest BCUT2D eigenvalue weighted by Crippen LogP contribution is -2.44. The molecule has 1 fully saturated rings. The quantitative estimate of drug-likeness (QED) is 0.785. The number of aliphatic hydroxyl groups is 1. The van der Waals surface area contributed by atoms with Crippen LogP contribution < -0.4 is 0 Å². The number of hydrogen-bond donors (Lipinski definition) is 1. The number of rotatable bonds is 7. The number of amides is 1. The van der Waals surface area contributed by atoms with Crippen molar-refractivity contribution >= 4 is 5.91 Å². The molecule has 1 amide bonds. The maximum absolute atomic E-state index is 12.3. The van der Waals surface area contributed by atoms with E-state index in [-0.39, 0.29) is 18.1 Å².